The number of hydrogen-bond acceptors (Lipinski definition) is 7. The van der Waals surface area contributed by atoms with Crippen LogP contribution in [0, 0.1) is 5.92 Å². The van der Waals surface area contributed by atoms with E-state index in [-0.39, 0.29) is 17.9 Å². The van der Waals surface area contributed by atoms with Crippen molar-refractivity contribution in [2.24, 2.45) is 5.92 Å². The Balaban J connectivity index is 1.71. The van der Waals surface area contributed by atoms with Crippen molar-refractivity contribution in [1.82, 2.24) is 18.5 Å². The van der Waals surface area contributed by atoms with Crippen molar-refractivity contribution >= 4 is 35.3 Å². The Morgan fingerprint density at radius 3 is 2.77 bits per heavy atom. The minimum atomic E-state index is -0.0547. The first-order valence-corrected chi connectivity index (χ1v) is 12.6. The second-order valence-corrected chi connectivity index (χ2v) is 9.34. The molecule has 3 rings (SSSR count). The lowest BCUT2D eigenvalue weighted by Crippen LogP contribution is -2.48. The fourth-order valence-corrected chi connectivity index (χ4v) is 4.91. The molecule has 1 atom stereocenters. The number of likely N-dealkylation sites (tertiary alicyclic amines) is 1. The van der Waals surface area contributed by atoms with E-state index in [0.29, 0.717) is 31.1 Å². The maximum atomic E-state index is 12.8. The van der Waals surface area contributed by atoms with Gasteiger partial charge in [-0.2, -0.15) is 20.5 Å². The van der Waals surface area contributed by atoms with E-state index in [1.54, 1.807) is 18.9 Å². The zero-order chi connectivity index (χ0) is 22.2. The van der Waals surface area contributed by atoms with Crippen LogP contribution in [0.15, 0.2) is 30.5 Å². The molecule has 31 heavy (non-hydrogen) atoms. The third kappa shape index (κ3) is 6.20. The number of likely N-dealkylation sites (N-methyl/N-ethyl adjacent to an activating group) is 1. The molecule has 1 unspecified atom stereocenters. The van der Waals surface area contributed by atoms with Gasteiger partial charge in [0.05, 0.1) is 25.0 Å². The number of carbonyl (C=O) groups excluding carboxylic acids is 2. The van der Waals surface area contributed by atoms with E-state index in [1.165, 1.54) is 6.20 Å². The summed E-state index contributed by atoms with van der Waals surface area (Å²) in [4.78, 5) is 29.2. The van der Waals surface area contributed by atoms with E-state index in [4.69, 9.17) is 4.74 Å². The molecule has 1 aromatic carbocycles. The Morgan fingerprint density at radius 2 is 2.13 bits per heavy atom. The third-order valence-corrected chi connectivity index (χ3v) is 7.03. The highest BCUT2D eigenvalue weighted by atomic mass is 32.2. The van der Waals surface area contributed by atoms with E-state index >= 15 is 0 Å². The predicted molar refractivity (Wildman–Crippen MR) is 125 cm³/mol. The van der Waals surface area contributed by atoms with Gasteiger partial charge in [0.25, 0.3) is 5.91 Å². The van der Waals surface area contributed by atoms with E-state index in [0.717, 1.165) is 48.1 Å². The summed E-state index contributed by atoms with van der Waals surface area (Å²) in [5.74, 6) is 2.09. The van der Waals surface area contributed by atoms with Crippen LogP contribution in [0.4, 0.5) is 0 Å². The summed E-state index contributed by atoms with van der Waals surface area (Å²) in [6, 6.07) is 8.14. The number of thioether (sulfide) groups is 1. The topological polar surface area (TPSA) is 75.6 Å². The van der Waals surface area contributed by atoms with Crippen LogP contribution < -0.4 is 4.74 Å². The van der Waals surface area contributed by atoms with Crippen LogP contribution in [-0.4, -0.2) is 75.7 Å². The Kier molecular flexibility index (Phi) is 8.71. The molecule has 0 aliphatic carbocycles. The summed E-state index contributed by atoms with van der Waals surface area (Å²) in [6.07, 6.45) is 6.58. The molecular weight excluding hydrogens is 432 g/mol. The van der Waals surface area contributed by atoms with E-state index in [1.807, 2.05) is 41.3 Å². The van der Waals surface area contributed by atoms with Crippen LogP contribution in [-0.2, 0) is 11.2 Å². The molecule has 1 saturated heterocycles. The molecule has 0 N–H and O–H groups in total. The minimum Gasteiger partial charge on any atom is -0.497 e. The van der Waals surface area contributed by atoms with Gasteiger partial charge in [-0.15, -0.1) is 0 Å². The van der Waals surface area contributed by atoms with Gasteiger partial charge in [0, 0.05) is 38.4 Å². The van der Waals surface area contributed by atoms with Crippen molar-refractivity contribution in [2.45, 2.75) is 31.7 Å². The normalized spacial score (nSPS) is 15.5. The van der Waals surface area contributed by atoms with Gasteiger partial charge in [0.15, 0.2) is 5.69 Å². The molecule has 1 aliphatic heterocycles. The molecule has 2 amide bonds. The number of benzene rings is 1. The van der Waals surface area contributed by atoms with Crippen molar-refractivity contribution in [3.8, 4) is 5.75 Å². The highest BCUT2D eigenvalue weighted by molar-refractivity contribution is 7.98. The maximum absolute atomic E-state index is 12.8. The van der Waals surface area contributed by atoms with Gasteiger partial charge in [-0.25, -0.2) is 0 Å². The predicted octanol–water partition coefficient (Wildman–Crippen LogP) is 3.22. The average Bonchev–Trinajstić information content (AvgIpc) is 3.35. The summed E-state index contributed by atoms with van der Waals surface area (Å²) >= 11 is 2.74. The Morgan fingerprint density at radius 1 is 1.35 bits per heavy atom. The van der Waals surface area contributed by atoms with Crippen LogP contribution in [0.5, 0.6) is 5.75 Å². The molecule has 7 nitrogen and oxygen atoms in total. The molecule has 0 saturated carbocycles. The minimum absolute atomic E-state index is 0.0547. The van der Waals surface area contributed by atoms with Gasteiger partial charge in [0.2, 0.25) is 5.91 Å². The first-order chi connectivity index (χ1) is 15.0. The summed E-state index contributed by atoms with van der Waals surface area (Å²) < 4.78 is 13.4. The van der Waals surface area contributed by atoms with Gasteiger partial charge in [-0.1, -0.05) is 12.1 Å². The maximum Gasteiger partial charge on any atom is 0.275 e. The number of rotatable bonds is 9. The van der Waals surface area contributed by atoms with Gasteiger partial charge in [0.1, 0.15) is 5.75 Å². The zero-order valence-corrected chi connectivity index (χ0v) is 20.0. The number of ether oxygens (including phenoxy) is 1. The van der Waals surface area contributed by atoms with Crippen LogP contribution in [0.1, 0.15) is 35.3 Å². The van der Waals surface area contributed by atoms with Crippen molar-refractivity contribution in [3.05, 3.63) is 41.7 Å². The average molecular weight is 463 g/mol. The summed E-state index contributed by atoms with van der Waals surface area (Å²) in [5.41, 5.74) is 1.57. The smallest absolute Gasteiger partial charge is 0.275 e. The van der Waals surface area contributed by atoms with Crippen molar-refractivity contribution in [1.29, 1.82) is 0 Å². The number of methoxy groups -OCH3 is 1. The second kappa shape index (κ2) is 11.5. The lowest BCUT2D eigenvalue weighted by Gasteiger charge is -2.40. The Bertz CT molecular complexity index is 854. The van der Waals surface area contributed by atoms with E-state index < -0.39 is 0 Å². The lowest BCUT2D eigenvalue weighted by atomic mass is 9.84. The standard InChI is InChI=1S/C22H30N4O3S2/c1-25(21(27)9-12-30-3)20(14-16-5-4-6-18(13-16)29-2)17-7-10-26(11-8-17)22(28)19-15-23-31-24-19/h4-6,13,15,17,20H,7-12,14H2,1-3H3. The molecule has 1 aliphatic rings. The SMILES string of the molecule is COc1cccc(CC(C2CCN(C(=O)c3cnsn3)CC2)N(C)C(=O)CCSC)c1. The zero-order valence-electron chi connectivity index (χ0n) is 18.3. The molecule has 0 bridgehead atoms. The summed E-state index contributed by atoms with van der Waals surface area (Å²) in [7, 11) is 3.59. The number of amides is 2. The lowest BCUT2D eigenvalue weighted by molar-refractivity contribution is -0.132. The fraction of sp³-hybridized carbons (Fsp3) is 0.545. The van der Waals surface area contributed by atoms with Crippen molar-refractivity contribution in [2.75, 3.05) is 39.3 Å². The van der Waals surface area contributed by atoms with Crippen LogP contribution in [0.25, 0.3) is 0 Å². The highest BCUT2D eigenvalue weighted by Crippen LogP contribution is 2.28. The number of carbonyl (C=O) groups is 2. The van der Waals surface area contributed by atoms with Gasteiger partial charge in [-0.3, -0.25) is 9.59 Å². The summed E-state index contributed by atoms with van der Waals surface area (Å²) in [5, 5.41) is 0. The van der Waals surface area contributed by atoms with Gasteiger partial charge >= 0.3 is 0 Å². The number of aromatic nitrogens is 2. The quantitative estimate of drug-likeness (QED) is 0.570. The van der Waals surface area contributed by atoms with Crippen LogP contribution in [0.3, 0.4) is 0 Å². The molecule has 2 heterocycles. The second-order valence-electron chi connectivity index (χ2n) is 7.79. The molecule has 1 aromatic heterocycles. The molecule has 168 valence electrons. The molecule has 0 spiro atoms. The number of piperidine rings is 1. The van der Waals surface area contributed by atoms with Crippen molar-refractivity contribution in [3.63, 3.8) is 0 Å². The van der Waals surface area contributed by atoms with Gasteiger partial charge < -0.3 is 14.5 Å². The van der Waals surface area contributed by atoms with Gasteiger partial charge in [-0.05, 0) is 49.1 Å². The molecular formula is C22H30N4O3S2. The highest BCUT2D eigenvalue weighted by Gasteiger charge is 2.33. The third-order valence-electron chi connectivity index (χ3n) is 5.94. The Labute approximate surface area is 192 Å². The molecule has 9 heteroatoms. The number of hydrogen-bond donors (Lipinski definition) is 0. The Hall–Kier alpha value is -2.13. The number of nitrogens with zero attached hydrogens (tertiary/aromatic N) is 4. The van der Waals surface area contributed by atoms with Crippen LogP contribution >= 0.6 is 23.5 Å². The molecule has 1 fully saturated rings. The molecule has 2 aromatic rings. The van der Waals surface area contributed by atoms with E-state index in [2.05, 4.69) is 14.8 Å². The largest absolute Gasteiger partial charge is 0.497 e. The monoisotopic (exact) mass is 462 g/mol. The molecule has 0 radical (unpaired) electrons. The van der Waals surface area contributed by atoms with Crippen molar-refractivity contribution < 1.29 is 14.3 Å². The van der Waals surface area contributed by atoms with E-state index in [9.17, 15) is 9.59 Å². The fourth-order valence-electron chi connectivity index (χ4n) is 4.12. The summed E-state index contributed by atoms with van der Waals surface area (Å²) in [6.45, 7) is 1.34. The van der Waals surface area contributed by atoms with Crippen LogP contribution in [0.2, 0.25) is 0 Å². The first kappa shape index (κ1) is 23.5. The first-order valence-electron chi connectivity index (χ1n) is 10.5.